The molecule has 2 heterocycles. The van der Waals surface area contributed by atoms with Crippen LogP contribution in [0.4, 0.5) is 0 Å². The number of hydrogen-bond acceptors (Lipinski definition) is 3. The van der Waals surface area contributed by atoms with Gasteiger partial charge < -0.3 is 10.2 Å². The quantitative estimate of drug-likeness (QED) is 0.944. The van der Waals surface area contributed by atoms with Crippen molar-refractivity contribution in [1.29, 1.82) is 0 Å². The number of nitrogens with one attached hydrogen (secondary N) is 1. The Hall–Kier alpha value is -1.85. The SMILES string of the molecule is CC(C(=O)N1CCNCC1c1cccc(Cl)c1)n1cccn1. The van der Waals surface area contributed by atoms with Gasteiger partial charge in [-0.25, -0.2) is 0 Å². The fourth-order valence-electron chi connectivity index (χ4n) is 2.84. The van der Waals surface area contributed by atoms with Crippen molar-refractivity contribution in [1.82, 2.24) is 20.0 Å². The monoisotopic (exact) mass is 318 g/mol. The molecule has 0 bridgehead atoms. The second-order valence-corrected chi connectivity index (χ2v) is 5.91. The molecular weight excluding hydrogens is 300 g/mol. The van der Waals surface area contributed by atoms with E-state index in [1.54, 1.807) is 10.9 Å². The molecule has 1 aliphatic rings. The Labute approximate surface area is 134 Å². The van der Waals surface area contributed by atoms with Gasteiger partial charge in [0.2, 0.25) is 5.91 Å². The summed E-state index contributed by atoms with van der Waals surface area (Å²) in [6.07, 6.45) is 3.51. The van der Waals surface area contributed by atoms with Crippen molar-refractivity contribution in [3.05, 3.63) is 53.3 Å². The predicted octanol–water partition coefficient (Wildman–Crippen LogP) is 2.27. The second kappa shape index (κ2) is 6.50. The van der Waals surface area contributed by atoms with E-state index in [9.17, 15) is 4.79 Å². The van der Waals surface area contributed by atoms with Gasteiger partial charge in [-0.3, -0.25) is 9.48 Å². The van der Waals surface area contributed by atoms with Crippen LogP contribution in [0.1, 0.15) is 24.6 Å². The maximum absolute atomic E-state index is 12.9. The van der Waals surface area contributed by atoms with Crippen LogP contribution in [-0.2, 0) is 4.79 Å². The molecule has 0 radical (unpaired) electrons. The van der Waals surface area contributed by atoms with E-state index in [0.29, 0.717) is 11.6 Å². The topological polar surface area (TPSA) is 50.2 Å². The van der Waals surface area contributed by atoms with Crippen LogP contribution in [0.15, 0.2) is 42.7 Å². The number of rotatable bonds is 3. The lowest BCUT2D eigenvalue weighted by Gasteiger charge is -2.38. The molecule has 116 valence electrons. The van der Waals surface area contributed by atoms with E-state index < -0.39 is 0 Å². The Balaban J connectivity index is 1.85. The van der Waals surface area contributed by atoms with Gasteiger partial charge in [0.15, 0.2) is 0 Å². The summed E-state index contributed by atoms with van der Waals surface area (Å²) in [5.74, 6) is 0.0789. The summed E-state index contributed by atoms with van der Waals surface area (Å²) in [4.78, 5) is 14.8. The Kier molecular flexibility index (Phi) is 4.45. The van der Waals surface area contributed by atoms with E-state index in [4.69, 9.17) is 11.6 Å². The molecule has 1 aromatic carbocycles. The minimum Gasteiger partial charge on any atom is -0.331 e. The number of benzene rings is 1. The molecule has 1 amide bonds. The normalized spacial score (nSPS) is 19.9. The van der Waals surface area contributed by atoms with E-state index in [1.165, 1.54) is 0 Å². The van der Waals surface area contributed by atoms with Gasteiger partial charge in [0, 0.05) is 37.1 Å². The standard InChI is InChI=1S/C16H19ClN4O/c1-12(21-8-3-6-19-21)16(22)20-9-7-18-11-15(20)13-4-2-5-14(17)10-13/h2-6,8,10,12,15,18H,7,9,11H2,1H3. The average Bonchev–Trinajstić information content (AvgIpc) is 3.08. The lowest BCUT2D eigenvalue weighted by atomic mass is 10.0. The highest BCUT2D eigenvalue weighted by molar-refractivity contribution is 6.30. The van der Waals surface area contributed by atoms with E-state index in [-0.39, 0.29) is 18.0 Å². The van der Waals surface area contributed by atoms with Crippen LogP contribution in [0.3, 0.4) is 0 Å². The molecule has 2 unspecified atom stereocenters. The fourth-order valence-corrected chi connectivity index (χ4v) is 3.04. The van der Waals surface area contributed by atoms with Crippen LogP contribution >= 0.6 is 11.6 Å². The van der Waals surface area contributed by atoms with Crippen molar-refractivity contribution >= 4 is 17.5 Å². The number of halogens is 1. The number of amides is 1. The fraction of sp³-hybridized carbons (Fsp3) is 0.375. The number of carbonyl (C=O) groups excluding carboxylic acids is 1. The van der Waals surface area contributed by atoms with Gasteiger partial charge >= 0.3 is 0 Å². The molecule has 0 saturated carbocycles. The molecule has 1 aromatic heterocycles. The highest BCUT2D eigenvalue weighted by atomic mass is 35.5. The minimum atomic E-state index is -0.310. The van der Waals surface area contributed by atoms with E-state index in [2.05, 4.69) is 10.4 Å². The molecule has 1 fully saturated rings. The molecule has 0 aliphatic carbocycles. The van der Waals surface area contributed by atoms with Gasteiger partial charge in [-0.1, -0.05) is 23.7 Å². The first-order chi connectivity index (χ1) is 10.7. The zero-order valence-electron chi connectivity index (χ0n) is 12.4. The zero-order chi connectivity index (χ0) is 15.5. The lowest BCUT2D eigenvalue weighted by Crippen LogP contribution is -2.50. The van der Waals surface area contributed by atoms with Crippen LogP contribution < -0.4 is 5.32 Å². The van der Waals surface area contributed by atoms with Crippen LogP contribution in [0, 0.1) is 0 Å². The average molecular weight is 319 g/mol. The van der Waals surface area contributed by atoms with Crippen molar-refractivity contribution in [3.8, 4) is 0 Å². The third kappa shape index (κ3) is 3.00. The van der Waals surface area contributed by atoms with Gasteiger partial charge in [0.25, 0.3) is 0 Å². The summed E-state index contributed by atoms with van der Waals surface area (Å²) in [7, 11) is 0. The Bertz CT molecular complexity index is 643. The molecule has 2 atom stereocenters. The van der Waals surface area contributed by atoms with Crippen molar-refractivity contribution in [2.45, 2.75) is 19.0 Å². The summed E-state index contributed by atoms with van der Waals surface area (Å²) >= 11 is 6.10. The molecule has 22 heavy (non-hydrogen) atoms. The maximum atomic E-state index is 12.9. The third-order valence-corrected chi connectivity index (χ3v) is 4.27. The highest BCUT2D eigenvalue weighted by Gasteiger charge is 2.31. The maximum Gasteiger partial charge on any atom is 0.247 e. The summed E-state index contributed by atoms with van der Waals surface area (Å²) in [5, 5.41) is 8.22. The highest BCUT2D eigenvalue weighted by Crippen LogP contribution is 2.26. The van der Waals surface area contributed by atoms with Gasteiger partial charge in [0.05, 0.1) is 6.04 Å². The molecular formula is C16H19ClN4O. The van der Waals surface area contributed by atoms with Crippen LogP contribution in [0.5, 0.6) is 0 Å². The van der Waals surface area contributed by atoms with E-state index in [1.807, 2.05) is 48.4 Å². The first kappa shape index (κ1) is 15.1. The summed E-state index contributed by atoms with van der Waals surface area (Å²) in [6, 6.07) is 9.23. The van der Waals surface area contributed by atoms with E-state index >= 15 is 0 Å². The third-order valence-electron chi connectivity index (χ3n) is 4.04. The van der Waals surface area contributed by atoms with Crippen LogP contribution in [0.2, 0.25) is 5.02 Å². The molecule has 2 aromatic rings. The molecule has 3 rings (SSSR count). The zero-order valence-corrected chi connectivity index (χ0v) is 13.2. The molecule has 0 spiro atoms. The summed E-state index contributed by atoms with van der Waals surface area (Å²) < 4.78 is 1.69. The molecule has 1 saturated heterocycles. The number of carbonyl (C=O) groups is 1. The van der Waals surface area contributed by atoms with Gasteiger partial charge in [-0.2, -0.15) is 5.10 Å². The summed E-state index contributed by atoms with van der Waals surface area (Å²) in [5.41, 5.74) is 1.06. The van der Waals surface area contributed by atoms with Crippen molar-refractivity contribution < 1.29 is 4.79 Å². The minimum absolute atomic E-state index is 0.00189. The predicted molar refractivity (Wildman–Crippen MR) is 85.7 cm³/mol. The number of aromatic nitrogens is 2. The Morgan fingerprint density at radius 2 is 2.32 bits per heavy atom. The molecule has 5 nitrogen and oxygen atoms in total. The molecule has 1 N–H and O–H groups in total. The first-order valence-electron chi connectivity index (χ1n) is 7.42. The molecule has 1 aliphatic heterocycles. The number of hydrogen-bond donors (Lipinski definition) is 1. The molecule has 6 heteroatoms. The van der Waals surface area contributed by atoms with Crippen LogP contribution in [-0.4, -0.2) is 40.2 Å². The Morgan fingerprint density at radius 1 is 1.45 bits per heavy atom. The van der Waals surface area contributed by atoms with Crippen molar-refractivity contribution in [2.75, 3.05) is 19.6 Å². The van der Waals surface area contributed by atoms with Crippen LogP contribution in [0.25, 0.3) is 0 Å². The smallest absolute Gasteiger partial charge is 0.247 e. The summed E-state index contributed by atoms with van der Waals surface area (Å²) in [6.45, 7) is 4.10. The van der Waals surface area contributed by atoms with Crippen molar-refractivity contribution in [2.24, 2.45) is 0 Å². The van der Waals surface area contributed by atoms with Gasteiger partial charge in [-0.05, 0) is 30.7 Å². The number of piperazine rings is 1. The van der Waals surface area contributed by atoms with E-state index in [0.717, 1.165) is 18.7 Å². The Morgan fingerprint density at radius 3 is 3.05 bits per heavy atom. The lowest BCUT2D eigenvalue weighted by molar-refractivity contribution is -0.138. The van der Waals surface area contributed by atoms with Gasteiger partial charge in [0.1, 0.15) is 6.04 Å². The van der Waals surface area contributed by atoms with Crippen molar-refractivity contribution in [3.63, 3.8) is 0 Å². The first-order valence-corrected chi connectivity index (χ1v) is 7.80. The number of nitrogens with zero attached hydrogens (tertiary/aromatic N) is 3. The largest absolute Gasteiger partial charge is 0.331 e. The van der Waals surface area contributed by atoms with Gasteiger partial charge in [-0.15, -0.1) is 0 Å². The second-order valence-electron chi connectivity index (χ2n) is 5.47.